The molecule has 0 aromatic carbocycles. The van der Waals surface area contributed by atoms with Crippen LogP contribution in [0.4, 0.5) is 17.6 Å². The molecule has 0 unspecified atom stereocenters. The molecular weight excluding hydrogens is 318 g/mol. The Labute approximate surface area is 128 Å². The number of aromatic nitrogens is 1. The number of alkyl halides is 3. The summed E-state index contributed by atoms with van der Waals surface area (Å²) in [5.41, 5.74) is 0.000574. The number of carbonyl (C=O) groups excluding carboxylic acids is 2. The van der Waals surface area contributed by atoms with Crippen LogP contribution < -0.4 is 0 Å². The Kier molecular flexibility index (Phi) is 4.63. The van der Waals surface area contributed by atoms with Crippen LogP contribution in [-0.2, 0) is 9.59 Å². The van der Waals surface area contributed by atoms with Gasteiger partial charge in [0.1, 0.15) is 18.3 Å². The summed E-state index contributed by atoms with van der Waals surface area (Å²) >= 11 is 0. The molecule has 0 bridgehead atoms. The van der Waals surface area contributed by atoms with Crippen molar-refractivity contribution < 1.29 is 27.2 Å². The van der Waals surface area contributed by atoms with Crippen molar-refractivity contribution in [3.8, 4) is 6.07 Å². The summed E-state index contributed by atoms with van der Waals surface area (Å²) in [6.45, 7) is -1.82. The van der Waals surface area contributed by atoms with E-state index in [2.05, 4.69) is 4.98 Å². The van der Waals surface area contributed by atoms with E-state index in [1.54, 1.807) is 6.07 Å². The molecule has 1 amide bonds. The number of nitrogens with zero attached hydrogens (tertiary/aromatic N) is 3. The van der Waals surface area contributed by atoms with E-state index in [4.69, 9.17) is 5.26 Å². The number of amides is 1. The van der Waals surface area contributed by atoms with E-state index in [-0.39, 0.29) is 12.1 Å². The highest BCUT2D eigenvalue weighted by atomic mass is 19.4. The van der Waals surface area contributed by atoms with Crippen molar-refractivity contribution >= 4 is 11.7 Å². The number of carbonyl (C=O) groups is 2. The molecule has 2 heterocycles. The normalized spacial score (nSPS) is 19.5. The van der Waals surface area contributed by atoms with Gasteiger partial charge < -0.3 is 4.90 Å². The number of pyridine rings is 1. The molecule has 1 aromatic heterocycles. The van der Waals surface area contributed by atoms with Crippen molar-refractivity contribution in [1.82, 2.24) is 9.88 Å². The summed E-state index contributed by atoms with van der Waals surface area (Å²) in [7, 11) is 0. The Bertz CT molecular complexity index is 651. The summed E-state index contributed by atoms with van der Waals surface area (Å²) < 4.78 is 49.9. The highest BCUT2D eigenvalue weighted by Crippen LogP contribution is 2.28. The Morgan fingerprint density at radius 2 is 2.17 bits per heavy atom. The molecule has 5 nitrogen and oxygen atoms in total. The van der Waals surface area contributed by atoms with Gasteiger partial charge in [-0.3, -0.25) is 14.6 Å². The van der Waals surface area contributed by atoms with E-state index in [1.165, 1.54) is 0 Å². The van der Waals surface area contributed by atoms with E-state index in [1.807, 2.05) is 0 Å². The predicted molar refractivity (Wildman–Crippen MR) is 68.3 cm³/mol. The fourth-order valence-corrected chi connectivity index (χ4v) is 2.40. The minimum absolute atomic E-state index is 0.000574. The molecule has 0 radical (unpaired) electrons. The summed E-state index contributed by atoms with van der Waals surface area (Å²) in [6, 6.07) is 3.89. The fraction of sp³-hybridized carbons (Fsp3) is 0.429. The zero-order valence-electron chi connectivity index (χ0n) is 11.7. The predicted octanol–water partition coefficient (Wildman–Crippen LogP) is 1.81. The van der Waals surface area contributed by atoms with Gasteiger partial charge in [0.15, 0.2) is 5.78 Å². The minimum atomic E-state index is -4.55. The molecule has 0 saturated carbocycles. The topological polar surface area (TPSA) is 74.1 Å². The maximum Gasteiger partial charge on any atom is 0.406 e. The molecule has 2 atom stereocenters. The molecule has 9 heteroatoms. The van der Waals surface area contributed by atoms with Crippen LogP contribution in [0.5, 0.6) is 0 Å². The molecule has 23 heavy (non-hydrogen) atoms. The number of rotatable bonds is 4. The maximum atomic E-state index is 12.8. The molecule has 1 aliphatic rings. The maximum absolute atomic E-state index is 12.8. The molecule has 0 aliphatic carbocycles. The van der Waals surface area contributed by atoms with Gasteiger partial charge in [-0.2, -0.15) is 18.4 Å². The van der Waals surface area contributed by atoms with Gasteiger partial charge in [-0.15, -0.1) is 0 Å². The van der Waals surface area contributed by atoms with Gasteiger partial charge in [-0.05, 0) is 12.1 Å². The summed E-state index contributed by atoms with van der Waals surface area (Å²) in [4.78, 5) is 28.1. The summed E-state index contributed by atoms with van der Waals surface area (Å²) in [6.07, 6.45) is -4.10. The van der Waals surface area contributed by atoms with E-state index in [0.717, 1.165) is 18.3 Å². The molecular formula is C14H11F4N3O2. The Balaban J connectivity index is 2.12. The molecule has 1 saturated heterocycles. The van der Waals surface area contributed by atoms with Crippen LogP contribution in [0.25, 0.3) is 0 Å². The number of halogens is 4. The fourth-order valence-electron chi connectivity index (χ4n) is 2.40. The average molecular weight is 329 g/mol. The second kappa shape index (κ2) is 6.32. The second-order valence-electron chi connectivity index (χ2n) is 5.16. The van der Waals surface area contributed by atoms with Gasteiger partial charge in [-0.1, -0.05) is 0 Å². The molecule has 1 aliphatic heterocycles. The van der Waals surface area contributed by atoms with E-state index in [0.29, 0.717) is 4.90 Å². The lowest BCUT2D eigenvalue weighted by Gasteiger charge is -2.18. The Morgan fingerprint density at radius 1 is 1.48 bits per heavy atom. The largest absolute Gasteiger partial charge is 0.406 e. The minimum Gasteiger partial charge on any atom is -0.333 e. The van der Waals surface area contributed by atoms with Crippen molar-refractivity contribution in [2.75, 3.05) is 13.1 Å². The molecule has 1 fully saturated rings. The van der Waals surface area contributed by atoms with Gasteiger partial charge in [0.2, 0.25) is 5.91 Å². The highest BCUT2D eigenvalue weighted by Gasteiger charge is 2.42. The number of nitriles is 1. The quantitative estimate of drug-likeness (QED) is 0.790. The third-order valence-electron chi connectivity index (χ3n) is 3.45. The van der Waals surface area contributed by atoms with Gasteiger partial charge in [0, 0.05) is 18.9 Å². The first-order chi connectivity index (χ1) is 10.7. The van der Waals surface area contributed by atoms with Crippen molar-refractivity contribution in [1.29, 1.82) is 5.26 Å². The molecule has 2 rings (SSSR count). The molecule has 0 spiro atoms. The van der Waals surface area contributed by atoms with Crippen LogP contribution in [0.1, 0.15) is 18.0 Å². The lowest BCUT2D eigenvalue weighted by Crippen LogP contribution is -2.36. The highest BCUT2D eigenvalue weighted by molar-refractivity contribution is 5.95. The van der Waals surface area contributed by atoms with Gasteiger partial charge in [-0.25, -0.2) is 4.39 Å². The first-order valence-corrected chi connectivity index (χ1v) is 6.60. The number of ketones is 1. The van der Waals surface area contributed by atoms with Crippen LogP contribution in [-0.4, -0.2) is 40.8 Å². The van der Waals surface area contributed by atoms with Gasteiger partial charge >= 0.3 is 6.18 Å². The van der Waals surface area contributed by atoms with Crippen LogP contribution in [0.3, 0.4) is 0 Å². The van der Waals surface area contributed by atoms with Crippen molar-refractivity contribution in [3.05, 3.63) is 29.8 Å². The third kappa shape index (κ3) is 4.03. The van der Waals surface area contributed by atoms with E-state index < -0.39 is 48.6 Å². The zero-order valence-corrected chi connectivity index (χ0v) is 11.7. The SMILES string of the molecule is N#C[C@@H](C(=O)[C@@H]1CC(=O)N(CC(F)(F)F)C1)c1ccc(F)cn1. The first-order valence-electron chi connectivity index (χ1n) is 6.60. The Morgan fingerprint density at radius 3 is 2.70 bits per heavy atom. The number of Topliss-reactive ketones (excluding diaryl/α,β-unsaturated/α-hetero) is 1. The molecule has 1 aromatic rings. The number of likely N-dealkylation sites (tertiary alicyclic amines) is 1. The summed E-state index contributed by atoms with van der Waals surface area (Å²) in [5.74, 6) is -4.49. The van der Waals surface area contributed by atoms with Crippen LogP contribution in [0, 0.1) is 23.1 Å². The molecule has 0 N–H and O–H groups in total. The van der Waals surface area contributed by atoms with Gasteiger partial charge in [0.05, 0.1) is 18.0 Å². The van der Waals surface area contributed by atoms with E-state index in [9.17, 15) is 27.2 Å². The smallest absolute Gasteiger partial charge is 0.333 e. The lowest BCUT2D eigenvalue weighted by atomic mass is 9.90. The van der Waals surface area contributed by atoms with Crippen molar-refractivity contribution in [2.45, 2.75) is 18.5 Å². The lowest BCUT2D eigenvalue weighted by molar-refractivity contribution is -0.157. The van der Waals surface area contributed by atoms with Crippen LogP contribution in [0.15, 0.2) is 18.3 Å². The third-order valence-corrected chi connectivity index (χ3v) is 3.45. The van der Waals surface area contributed by atoms with Crippen LogP contribution in [0.2, 0.25) is 0 Å². The van der Waals surface area contributed by atoms with Gasteiger partial charge in [0.25, 0.3) is 0 Å². The average Bonchev–Trinajstić information content (AvgIpc) is 2.81. The Hall–Kier alpha value is -2.50. The number of hydrogen-bond acceptors (Lipinski definition) is 4. The number of hydrogen-bond donors (Lipinski definition) is 0. The van der Waals surface area contributed by atoms with Crippen molar-refractivity contribution in [3.63, 3.8) is 0 Å². The first kappa shape index (κ1) is 16.9. The second-order valence-corrected chi connectivity index (χ2v) is 5.16. The zero-order chi connectivity index (χ0) is 17.2. The van der Waals surface area contributed by atoms with Crippen molar-refractivity contribution in [2.24, 2.45) is 5.92 Å². The summed E-state index contributed by atoms with van der Waals surface area (Å²) in [5, 5.41) is 9.11. The van der Waals surface area contributed by atoms with E-state index >= 15 is 0 Å². The van der Waals surface area contributed by atoms with Crippen LogP contribution >= 0.6 is 0 Å². The molecule has 122 valence electrons. The monoisotopic (exact) mass is 329 g/mol. The standard InChI is InChI=1S/C14H11F4N3O2/c15-9-1-2-11(20-5-9)10(4-19)13(23)8-3-12(22)21(6-8)7-14(16,17)18/h1-2,5,8,10H,3,6-7H2/t8-,10-/m1/s1.